The van der Waals surface area contributed by atoms with Gasteiger partial charge in [0.1, 0.15) is 5.69 Å². The van der Waals surface area contributed by atoms with Gasteiger partial charge >= 0.3 is 6.03 Å². The molecule has 0 bridgehead atoms. The number of thiophene rings is 1. The summed E-state index contributed by atoms with van der Waals surface area (Å²) in [5.74, 6) is 0. The minimum atomic E-state index is -0.168. The molecule has 2 N–H and O–H groups in total. The summed E-state index contributed by atoms with van der Waals surface area (Å²) >= 11 is 1.65. The van der Waals surface area contributed by atoms with Gasteiger partial charge < -0.3 is 15.3 Å². The molecule has 0 radical (unpaired) electrons. The number of hydrogen-bond donors (Lipinski definition) is 2. The maximum absolute atomic E-state index is 12.5. The van der Waals surface area contributed by atoms with Gasteiger partial charge in [-0.3, -0.25) is 4.98 Å². The summed E-state index contributed by atoms with van der Waals surface area (Å²) in [4.78, 5) is 20.8. The Bertz CT molecular complexity index is 671. The van der Waals surface area contributed by atoms with Crippen molar-refractivity contribution < 1.29 is 9.90 Å². The molecule has 0 spiro atoms. The number of anilines is 1. The lowest BCUT2D eigenvalue weighted by Gasteiger charge is -2.23. The van der Waals surface area contributed by atoms with Crippen LogP contribution in [0.25, 0.3) is 10.6 Å². The van der Waals surface area contributed by atoms with Crippen LogP contribution in [0.1, 0.15) is 17.7 Å². The summed E-state index contributed by atoms with van der Waals surface area (Å²) in [7, 11) is 0. The number of pyridine rings is 1. The molecule has 3 rings (SSSR count). The van der Waals surface area contributed by atoms with Gasteiger partial charge in [-0.25, -0.2) is 4.79 Å². The predicted molar refractivity (Wildman–Crippen MR) is 88.1 cm³/mol. The smallest absolute Gasteiger partial charge is 0.322 e. The Kier molecular flexibility index (Phi) is 4.40. The average Bonchev–Trinajstić information content (AvgIpc) is 3.16. The molecular formula is C16H19N3O2S. The molecule has 116 valence electrons. The Morgan fingerprint density at radius 2 is 2.36 bits per heavy atom. The number of hydrogen-bond acceptors (Lipinski definition) is 4. The highest BCUT2D eigenvalue weighted by Crippen LogP contribution is 2.31. The molecule has 3 heterocycles. The summed E-state index contributed by atoms with van der Waals surface area (Å²) in [6.07, 6.45) is 3.52. The number of aromatic nitrogens is 1. The Hall–Kier alpha value is -1.92. The molecule has 22 heavy (non-hydrogen) atoms. The fourth-order valence-electron chi connectivity index (χ4n) is 2.74. The first-order valence-corrected chi connectivity index (χ1v) is 8.21. The van der Waals surface area contributed by atoms with Crippen molar-refractivity contribution in [1.29, 1.82) is 0 Å². The monoisotopic (exact) mass is 317 g/mol. The molecule has 1 fully saturated rings. The third kappa shape index (κ3) is 2.98. The van der Waals surface area contributed by atoms with Crippen molar-refractivity contribution in [3.05, 3.63) is 35.3 Å². The van der Waals surface area contributed by atoms with Crippen molar-refractivity contribution in [2.24, 2.45) is 0 Å². The van der Waals surface area contributed by atoms with Crippen LogP contribution in [0.3, 0.4) is 0 Å². The van der Waals surface area contributed by atoms with E-state index in [9.17, 15) is 9.90 Å². The van der Waals surface area contributed by atoms with Crippen molar-refractivity contribution in [3.8, 4) is 10.6 Å². The van der Waals surface area contributed by atoms with Crippen LogP contribution in [-0.2, 0) is 0 Å². The Labute approximate surface area is 133 Å². The molecular weight excluding hydrogens is 298 g/mol. The summed E-state index contributed by atoms with van der Waals surface area (Å²) in [6, 6.07) is 7.49. The number of rotatable bonds is 3. The van der Waals surface area contributed by atoms with E-state index < -0.39 is 0 Å². The van der Waals surface area contributed by atoms with Gasteiger partial charge in [0, 0.05) is 17.6 Å². The van der Waals surface area contributed by atoms with E-state index in [0.29, 0.717) is 12.2 Å². The minimum Gasteiger partial charge on any atom is -0.394 e. The third-order valence-electron chi connectivity index (χ3n) is 3.87. The number of aliphatic hydroxyl groups excluding tert-OH is 1. The second kappa shape index (κ2) is 6.46. The first kappa shape index (κ1) is 15.0. The second-order valence-corrected chi connectivity index (χ2v) is 6.70. The quantitative estimate of drug-likeness (QED) is 0.914. The average molecular weight is 317 g/mol. The number of aryl methyl sites for hydroxylation is 1. The zero-order chi connectivity index (χ0) is 15.5. The number of urea groups is 1. The van der Waals surface area contributed by atoms with Gasteiger partial charge in [0.2, 0.25) is 0 Å². The lowest BCUT2D eigenvalue weighted by Crippen LogP contribution is -2.40. The molecule has 1 aliphatic heterocycles. The van der Waals surface area contributed by atoms with Crippen LogP contribution >= 0.6 is 11.3 Å². The lowest BCUT2D eigenvalue weighted by atomic mass is 10.2. The Morgan fingerprint density at radius 3 is 3.09 bits per heavy atom. The molecule has 5 nitrogen and oxygen atoms in total. The first-order valence-electron chi connectivity index (χ1n) is 7.39. The highest BCUT2D eigenvalue weighted by Gasteiger charge is 2.28. The lowest BCUT2D eigenvalue weighted by molar-refractivity contribution is 0.166. The fourth-order valence-corrected chi connectivity index (χ4v) is 3.62. The number of likely N-dealkylation sites (tertiary alicyclic amines) is 1. The number of nitrogens with zero attached hydrogens (tertiary/aromatic N) is 2. The van der Waals surface area contributed by atoms with Crippen LogP contribution in [0.15, 0.2) is 30.5 Å². The molecule has 0 saturated carbocycles. The summed E-state index contributed by atoms with van der Waals surface area (Å²) in [6.45, 7) is 2.74. The van der Waals surface area contributed by atoms with E-state index >= 15 is 0 Å². The van der Waals surface area contributed by atoms with Gasteiger partial charge in [-0.1, -0.05) is 0 Å². The van der Waals surface area contributed by atoms with Crippen molar-refractivity contribution in [2.45, 2.75) is 25.8 Å². The zero-order valence-corrected chi connectivity index (χ0v) is 13.3. The van der Waals surface area contributed by atoms with Crippen LogP contribution in [0.2, 0.25) is 0 Å². The molecule has 2 aromatic heterocycles. The van der Waals surface area contributed by atoms with Gasteiger partial charge in [0.15, 0.2) is 0 Å². The van der Waals surface area contributed by atoms with Crippen LogP contribution in [0.4, 0.5) is 10.5 Å². The van der Waals surface area contributed by atoms with Crippen LogP contribution in [0.5, 0.6) is 0 Å². The summed E-state index contributed by atoms with van der Waals surface area (Å²) in [5, 5.41) is 12.3. The van der Waals surface area contributed by atoms with E-state index in [1.165, 1.54) is 4.88 Å². The van der Waals surface area contributed by atoms with Crippen LogP contribution in [0, 0.1) is 6.92 Å². The van der Waals surface area contributed by atoms with Crippen molar-refractivity contribution in [1.82, 2.24) is 9.88 Å². The normalized spacial score (nSPS) is 17.7. The van der Waals surface area contributed by atoms with Crippen LogP contribution < -0.4 is 5.32 Å². The fraction of sp³-hybridized carbons (Fsp3) is 0.375. The molecule has 1 atom stereocenters. The van der Waals surface area contributed by atoms with Crippen LogP contribution in [-0.4, -0.2) is 40.2 Å². The minimum absolute atomic E-state index is 0.0113. The van der Waals surface area contributed by atoms with E-state index in [0.717, 1.165) is 23.4 Å². The van der Waals surface area contributed by atoms with E-state index in [4.69, 9.17) is 0 Å². The number of carbonyl (C=O) groups is 1. The molecule has 2 amide bonds. The Morgan fingerprint density at radius 1 is 1.50 bits per heavy atom. The van der Waals surface area contributed by atoms with Gasteiger partial charge in [-0.05, 0) is 44.0 Å². The second-order valence-electron chi connectivity index (χ2n) is 5.41. The summed E-state index contributed by atoms with van der Waals surface area (Å²) in [5.41, 5.74) is 1.49. The number of nitrogens with one attached hydrogen (secondary N) is 1. The number of carbonyl (C=O) groups excluding carboxylic acids is 1. The molecule has 1 unspecified atom stereocenters. The molecule has 1 saturated heterocycles. The van der Waals surface area contributed by atoms with Gasteiger partial charge in [0.25, 0.3) is 0 Å². The molecule has 2 aromatic rings. The van der Waals surface area contributed by atoms with Gasteiger partial charge in [-0.2, -0.15) is 0 Å². The van der Waals surface area contributed by atoms with E-state index in [-0.39, 0.29) is 18.7 Å². The van der Waals surface area contributed by atoms with E-state index in [1.807, 2.05) is 31.2 Å². The van der Waals surface area contributed by atoms with Gasteiger partial charge in [-0.15, -0.1) is 11.3 Å². The van der Waals surface area contributed by atoms with Crippen molar-refractivity contribution in [2.75, 3.05) is 18.5 Å². The van der Waals surface area contributed by atoms with Gasteiger partial charge in [0.05, 0.1) is 23.2 Å². The highest BCUT2D eigenvalue weighted by molar-refractivity contribution is 7.15. The van der Waals surface area contributed by atoms with Crippen molar-refractivity contribution >= 4 is 23.1 Å². The summed E-state index contributed by atoms with van der Waals surface area (Å²) < 4.78 is 0. The Balaban J connectivity index is 1.82. The molecule has 0 aliphatic carbocycles. The third-order valence-corrected chi connectivity index (χ3v) is 4.88. The standard InChI is InChI=1S/C16H19N3O2S/c1-11-6-7-14(22-11)15-13(5-2-8-17-15)18-16(21)19-9-3-4-12(19)10-20/h2,5-8,12,20H,3-4,9-10H2,1H3,(H,18,21). The highest BCUT2D eigenvalue weighted by atomic mass is 32.1. The number of aliphatic hydroxyl groups is 1. The SMILES string of the molecule is Cc1ccc(-c2ncccc2NC(=O)N2CCCC2CO)s1. The van der Waals surface area contributed by atoms with E-state index in [1.54, 1.807) is 22.4 Å². The largest absolute Gasteiger partial charge is 0.394 e. The van der Waals surface area contributed by atoms with Crippen molar-refractivity contribution in [3.63, 3.8) is 0 Å². The number of amides is 2. The zero-order valence-electron chi connectivity index (χ0n) is 12.5. The maximum atomic E-state index is 12.5. The first-order chi connectivity index (χ1) is 10.7. The topological polar surface area (TPSA) is 65.5 Å². The predicted octanol–water partition coefficient (Wildman–Crippen LogP) is 3.11. The molecule has 6 heteroatoms. The van der Waals surface area contributed by atoms with E-state index in [2.05, 4.69) is 10.3 Å². The maximum Gasteiger partial charge on any atom is 0.322 e. The molecule has 1 aliphatic rings. The molecule has 0 aromatic carbocycles.